The minimum absolute atomic E-state index is 0. The molecule has 0 aliphatic carbocycles. The van der Waals surface area contributed by atoms with E-state index in [1.54, 1.807) is 6.92 Å². The van der Waals surface area contributed by atoms with Crippen molar-refractivity contribution in [3.63, 3.8) is 0 Å². The summed E-state index contributed by atoms with van der Waals surface area (Å²) in [5.41, 5.74) is 1.30. The molecule has 0 saturated heterocycles. The summed E-state index contributed by atoms with van der Waals surface area (Å²) in [5, 5.41) is 20.3. The van der Waals surface area contributed by atoms with Gasteiger partial charge in [-0.3, -0.25) is 0 Å². The Hall–Kier alpha value is 0.126. The van der Waals surface area contributed by atoms with E-state index in [-0.39, 0.29) is 68.6 Å². The van der Waals surface area contributed by atoms with Crippen LogP contribution in [0.25, 0.3) is 0 Å². The third-order valence-corrected chi connectivity index (χ3v) is 2.22. The fourth-order valence-corrected chi connectivity index (χ4v) is 1.39. The van der Waals surface area contributed by atoms with Crippen molar-refractivity contribution in [2.24, 2.45) is 0 Å². The van der Waals surface area contributed by atoms with Crippen LogP contribution in [0.3, 0.4) is 0 Å². The summed E-state index contributed by atoms with van der Waals surface area (Å²) >= 11 is 0. The summed E-state index contributed by atoms with van der Waals surface area (Å²) in [4.78, 5) is 10.7. The Bertz CT molecular complexity index is 372. The van der Waals surface area contributed by atoms with Crippen molar-refractivity contribution in [2.75, 3.05) is 0 Å². The second-order valence-electron chi connectivity index (χ2n) is 3.67. The normalized spacial score (nSPS) is 9.87. The minimum atomic E-state index is -1.20. The predicted molar refractivity (Wildman–Crippen MR) is 51.3 cm³/mol. The number of carbonyl (C=O) groups excluding carboxylic acids is 1. The Morgan fingerprint density at radius 1 is 1.40 bits per heavy atom. The van der Waals surface area contributed by atoms with E-state index in [9.17, 15) is 15.0 Å². The molecule has 0 unspecified atom stereocenters. The summed E-state index contributed by atoms with van der Waals surface area (Å²) < 4.78 is 0. The molecule has 0 fully saturated rings. The number of rotatable bonds is 2. The third kappa shape index (κ3) is 3.57. The van der Waals surface area contributed by atoms with Crippen molar-refractivity contribution in [3.05, 3.63) is 28.8 Å². The van der Waals surface area contributed by atoms with E-state index in [0.29, 0.717) is 11.1 Å². The van der Waals surface area contributed by atoms with Gasteiger partial charge in [0, 0.05) is 5.56 Å². The van der Waals surface area contributed by atoms with Gasteiger partial charge in [-0.2, -0.15) is 0 Å². The number of carboxylic acids is 1. The van der Waals surface area contributed by atoms with Gasteiger partial charge in [0.15, 0.2) is 0 Å². The molecular formula is C11H13KO3. The average Bonchev–Trinajstić information content (AvgIpc) is 2.02. The number of aryl methyl sites for hydroxylation is 1. The SMILES string of the molecule is Cc1cc(O)c(C(C)C)cc1C(=O)[O-].[K+]. The number of carboxylic acid groups (broad SMARTS) is 1. The molecule has 0 atom stereocenters. The molecule has 1 aromatic rings. The molecule has 0 aliphatic rings. The number of hydrogen-bond donors (Lipinski definition) is 1. The number of benzene rings is 1. The van der Waals surface area contributed by atoms with Crippen molar-refractivity contribution in [3.8, 4) is 5.75 Å². The Balaban J connectivity index is 0.00000196. The van der Waals surface area contributed by atoms with Crippen LogP contribution in [0.2, 0.25) is 0 Å². The molecule has 0 aliphatic heterocycles. The van der Waals surface area contributed by atoms with Crippen LogP contribution in [-0.2, 0) is 0 Å². The Morgan fingerprint density at radius 2 is 1.93 bits per heavy atom. The van der Waals surface area contributed by atoms with Crippen molar-refractivity contribution < 1.29 is 66.4 Å². The molecule has 4 heteroatoms. The van der Waals surface area contributed by atoms with E-state index in [4.69, 9.17) is 0 Å². The van der Waals surface area contributed by atoms with Crippen molar-refractivity contribution in [1.29, 1.82) is 0 Å². The monoisotopic (exact) mass is 232 g/mol. The first kappa shape index (κ1) is 15.1. The van der Waals surface area contributed by atoms with Crippen molar-refractivity contribution >= 4 is 5.97 Å². The molecule has 0 heterocycles. The number of phenols is 1. The van der Waals surface area contributed by atoms with Crippen LogP contribution in [0.5, 0.6) is 5.75 Å². The molecule has 0 radical (unpaired) electrons. The van der Waals surface area contributed by atoms with Gasteiger partial charge in [-0.1, -0.05) is 13.8 Å². The molecule has 0 saturated carbocycles. The number of aromatic hydroxyl groups is 1. The molecule has 1 N–H and O–H groups in total. The maximum Gasteiger partial charge on any atom is 1.00 e. The van der Waals surface area contributed by atoms with Gasteiger partial charge in [0.05, 0.1) is 5.97 Å². The van der Waals surface area contributed by atoms with Crippen molar-refractivity contribution in [1.82, 2.24) is 0 Å². The van der Waals surface area contributed by atoms with E-state index in [1.165, 1.54) is 12.1 Å². The van der Waals surface area contributed by atoms with E-state index in [0.717, 1.165) is 0 Å². The maximum atomic E-state index is 10.7. The van der Waals surface area contributed by atoms with Crippen LogP contribution in [0.15, 0.2) is 12.1 Å². The second-order valence-corrected chi connectivity index (χ2v) is 3.67. The number of aromatic carboxylic acids is 1. The summed E-state index contributed by atoms with van der Waals surface area (Å²) in [6.07, 6.45) is 0. The molecule has 3 nitrogen and oxygen atoms in total. The zero-order valence-electron chi connectivity index (χ0n) is 9.50. The molecule has 0 spiro atoms. The Labute approximate surface area is 132 Å². The fourth-order valence-electron chi connectivity index (χ4n) is 1.39. The minimum Gasteiger partial charge on any atom is -0.545 e. The van der Waals surface area contributed by atoms with Crippen LogP contribution in [0, 0.1) is 6.92 Å². The summed E-state index contributed by atoms with van der Waals surface area (Å²) in [7, 11) is 0. The predicted octanol–water partition coefficient (Wildman–Crippen LogP) is -1.81. The Kier molecular flexibility index (Phi) is 6.06. The van der Waals surface area contributed by atoms with Crippen LogP contribution in [-0.4, -0.2) is 11.1 Å². The zero-order chi connectivity index (χ0) is 10.9. The van der Waals surface area contributed by atoms with Gasteiger partial charge >= 0.3 is 51.4 Å². The van der Waals surface area contributed by atoms with E-state index in [1.807, 2.05) is 13.8 Å². The summed E-state index contributed by atoms with van der Waals surface area (Å²) in [6.45, 7) is 5.42. The molecule has 0 aromatic heterocycles. The standard InChI is InChI=1S/C11H14O3.K/c1-6(2)8-5-9(11(13)14)7(3)4-10(8)12;/h4-6,12H,1-3H3,(H,13,14);/q;+1/p-1. The van der Waals surface area contributed by atoms with Gasteiger partial charge in [0.2, 0.25) is 0 Å². The number of carbonyl (C=O) groups is 1. The van der Waals surface area contributed by atoms with Gasteiger partial charge in [-0.25, -0.2) is 0 Å². The summed E-state index contributed by atoms with van der Waals surface area (Å²) in [5.74, 6) is -0.972. The van der Waals surface area contributed by atoms with Gasteiger partial charge in [-0.15, -0.1) is 0 Å². The molecule has 1 aromatic carbocycles. The van der Waals surface area contributed by atoms with Gasteiger partial charge in [0.25, 0.3) is 0 Å². The topological polar surface area (TPSA) is 60.4 Å². The molecule has 0 bridgehead atoms. The molecule has 1 rings (SSSR count). The van der Waals surface area contributed by atoms with Gasteiger partial charge in [-0.05, 0) is 36.1 Å². The first-order valence-electron chi connectivity index (χ1n) is 4.48. The van der Waals surface area contributed by atoms with Crippen LogP contribution in [0.1, 0.15) is 41.3 Å². The number of hydrogen-bond acceptors (Lipinski definition) is 3. The maximum absolute atomic E-state index is 10.7. The molecular weight excluding hydrogens is 219 g/mol. The molecule has 15 heavy (non-hydrogen) atoms. The van der Waals surface area contributed by atoms with Crippen LogP contribution < -0.4 is 56.5 Å². The summed E-state index contributed by atoms with van der Waals surface area (Å²) in [6, 6.07) is 2.94. The van der Waals surface area contributed by atoms with E-state index >= 15 is 0 Å². The quantitative estimate of drug-likeness (QED) is 0.612. The smallest absolute Gasteiger partial charge is 0.545 e. The van der Waals surface area contributed by atoms with Crippen LogP contribution in [0.4, 0.5) is 0 Å². The van der Waals surface area contributed by atoms with E-state index < -0.39 is 5.97 Å². The second kappa shape index (κ2) is 6.01. The average molecular weight is 232 g/mol. The van der Waals surface area contributed by atoms with Gasteiger partial charge < -0.3 is 15.0 Å². The van der Waals surface area contributed by atoms with Crippen LogP contribution >= 0.6 is 0 Å². The molecule has 76 valence electrons. The Morgan fingerprint density at radius 3 is 2.33 bits per heavy atom. The third-order valence-electron chi connectivity index (χ3n) is 2.22. The van der Waals surface area contributed by atoms with E-state index in [2.05, 4.69) is 0 Å². The van der Waals surface area contributed by atoms with Gasteiger partial charge in [0.1, 0.15) is 5.75 Å². The largest absolute Gasteiger partial charge is 1.00 e. The zero-order valence-corrected chi connectivity index (χ0v) is 12.6. The number of phenolic OH excluding ortho intramolecular Hbond substituents is 1. The first-order chi connectivity index (χ1) is 6.43. The molecule has 0 amide bonds. The van der Waals surface area contributed by atoms with Crippen molar-refractivity contribution in [2.45, 2.75) is 26.7 Å². The first-order valence-corrected chi connectivity index (χ1v) is 4.48. The fraction of sp³-hybridized carbons (Fsp3) is 0.364.